The van der Waals surface area contributed by atoms with Crippen LogP contribution in [0, 0.1) is 6.92 Å². The van der Waals surface area contributed by atoms with Crippen LogP contribution in [0.15, 0.2) is 42.5 Å². The van der Waals surface area contributed by atoms with Gasteiger partial charge in [-0.1, -0.05) is 47.5 Å². The lowest BCUT2D eigenvalue weighted by molar-refractivity contribution is -0.147. The van der Waals surface area contributed by atoms with Crippen LogP contribution in [0.5, 0.6) is 5.75 Å². The first-order chi connectivity index (χ1) is 23.9. The van der Waals surface area contributed by atoms with Gasteiger partial charge in [0, 0.05) is 52.4 Å². The number of ether oxygens (including phenoxy) is 1. The Kier molecular flexibility index (Phi) is 15.0. The molecule has 13 heteroatoms. The molecule has 0 bridgehead atoms. The molecule has 5 rings (SSSR count). The minimum absolute atomic E-state index is 0.211. The Morgan fingerprint density at radius 3 is 2.16 bits per heavy atom. The highest BCUT2D eigenvalue weighted by atomic mass is 35.5. The maximum absolute atomic E-state index is 12.3. The minimum atomic E-state index is -1.19. The number of carbonyl (C=O) groups excluding carboxylic acids is 3. The molecule has 11 nitrogen and oxygen atoms in total. The molecule has 0 radical (unpaired) electrons. The number of halogens is 2. The Bertz CT molecular complexity index is 1540. The average Bonchev–Trinajstić information content (AvgIpc) is 3.09. The first kappa shape index (κ1) is 39.2. The van der Waals surface area contributed by atoms with Gasteiger partial charge in [0.15, 0.2) is 0 Å². The van der Waals surface area contributed by atoms with Crippen LogP contribution in [-0.2, 0) is 32.0 Å². The molecular weight excluding hydrogens is 681 g/mol. The molecule has 50 heavy (non-hydrogen) atoms. The maximum atomic E-state index is 12.3. The smallest absolute Gasteiger partial charge is 0.312 e. The zero-order valence-corrected chi connectivity index (χ0v) is 30.7. The van der Waals surface area contributed by atoms with Gasteiger partial charge in [-0.15, -0.1) is 0 Å². The molecule has 3 amide bonds. The summed E-state index contributed by atoms with van der Waals surface area (Å²) in [7, 11) is 2.21. The number of amides is 3. The van der Waals surface area contributed by atoms with E-state index in [1.54, 1.807) is 19.1 Å². The number of likely N-dealkylation sites (N-methyl/N-ethyl adjacent to an activating group) is 1. The maximum Gasteiger partial charge on any atom is 0.312 e. The van der Waals surface area contributed by atoms with Gasteiger partial charge in [0.1, 0.15) is 18.6 Å². The number of carboxylic acid groups (broad SMARTS) is 1. The molecule has 2 saturated heterocycles. The van der Waals surface area contributed by atoms with Crippen LogP contribution in [0.25, 0.3) is 0 Å². The third kappa shape index (κ3) is 12.0. The number of fused-ring (bicyclic) bond motifs is 1. The summed E-state index contributed by atoms with van der Waals surface area (Å²) in [6.45, 7) is 13.7. The van der Waals surface area contributed by atoms with E-state index in [9.17, 15) is 19.2 Å². The summed E-state index contributed by atoms with van der Waals surface area (Å²) in [4.78, 5) is 54.5. The van der Waals surface area contributed by atoms with E-state index in [1.165, 1.54) is 65.6 Å². The first-order valence-electron chi connectivity index (χ1n) is 17.2. The summed E-state index contributed by atoms with van der Waals surface area (Å²) in [5.74, 6) is -1.56. The van der Waals surface area contributed by atoms with Crippen molar-refractivity contribution < 1.29 is 29.0 Å². The van der Waals surface area contributed by atoms with Crippen molar-refractivity contribution in [2.24, 2.45) is 0 Å². The van der Waals surface area contributed by atoms with Gasteiger partial charge in [0.05, 0.1) is 22.3 Å². The van der Waals surface area contributed by atoms with Crippen LogP contribution in [-0.4, -0.2) is 121 Å². The molecule has 2 heterocycles. The second-order valence-corrected chi connectivity index (χ2v) is 13.9. The third-order valence-corrected chi connectivity index (χ3v) is 10.2. The van der Waals surface area contributed by atoms with Gasteiger partial charge < -0.3 is 34.8 Å². The number of benzene rings is 2. The molecule has 2 fully saturated rings. The molecule has 0 aromatic heterocycles. The molecular formula is C37H49Cl2N5O6. The van der Waals surface area contributed by atoms with Crippen molar-refractivity contribution in [3.63, 3.8) is 0 Å². The largest absolute Gasteiger partial charge is 0.494 e. The second-order valence-electron chi connectivity index (χ2n) is 13.2. The van der Waals surface area contributed by atoms with E-state index in [4.69, 9.17) is 33.0 Å². The fourth-order valence-corrected chi connectivity index (χ4v) is 6.53. The predicted octanol–water partition coefficient (Wildman–Crippen LogP) is 4.91. The molecule has 0 atom stereocenters. The lowest BCUT2D eigenvalue weighted by Gasteiger charge is -2.34. The topological polar surface area (TPSA) is 123 Å². The van der Waals surface area contributed by atoms with Crippen LogP contribution < -0.4 is 10.1 Å². The summed E-state index contributed by atoms with van der Waals surface area (Å²) >= 11 is 12.1. The number of aliphatic carboxylic acids is 1. The van der Waals surface area contributed by atoms with E-state index >= 15 is 0 Å². The van der Waals surface area contributed by atoms with Crippen molar-refractivity contribution in [1.29, 1.82) is 0 Å². The summed E-state index contributed by atoms with van der Waals surface area (Å²) < 4.78 is 5.96. The third-order valence-electron chi connectivity index (χ3n) is 9.25. The van der Waals surface area contributed by atoms with Crippen LogP contribution in [0.1, 0.15) is 48.8 Å². The number of nitrogens with one attached hydrogen (secondary N) is 1. The lowest BCUT2D eigenvalue weighted by atomic mass is 9.89. The Labute approximate surface area is 305 Å². The van der Waals surface area contributed by atoms with Gasteiger partial charge in [-0.05, 0) is 87.5 Å². The molecule has 0 spiro atoms. The normalized spacial score (nSPS) is 16.6. The number of allylic oxidation sites excluding steroid dienone is 1. The summed E-state index contributed by atoms with van der Waals surface area (Å²) in [6, 6.07) is 9.91. The van der Waals surface area contributed by atoms with Gasteiger partial charge in [0.2, 0.25) is 17.7 Å². The van der Waals surface area contributed by atoms with Gasteiger partial charge >= 0.3 is 5.97 Å². The number of carbonyl (C=O) groups is 4. The standard InChI is InChI=1S/C20H30N2O.C17H19Cl2N3O5/c1-17-5-6-18-7-8-20(16-19(18)15-17)23-14-4-3-9-22-12-10-21(2)11-13-22;1-10-2-3-11(17(19)16(10)18)20-12(23)8-13(24)21-4-6-22(7-5-21)14(25)9-15(26)27/h7-8,16H,1,3-6,9-15H2,2H3;2-3H,4-9H2,1H3,(H,20,23)(H,26,27). The highest BCUT2D eigenvalue weighted by Gasteiger charge is 2.26. The fourth-order valence-electron chi connectivity index (χ4n) is 6.10. The summed E-state index contributed by atoms with van der Waals surface area (Å²) in [5.41, 5.74) is 5.33. The van der Waals surface area contributed by atoms with Crippen LogP contribution in [0.2, 0.25) is 10.0 Å². The minimum Gasteiger partial charge on any atom is -0.494 e. The van der Waals surface area contributed by atoms with E-state index in [2.05, 4.69) is 46.9 Å². The van der Waals surface area contributed by atoms with E-state index in [0.29, 0.717) is 10.7 Å². The van der Waals surface area contributed by atoms with Crippen molar-refractivity contribution >= 4 is 52.6 Å². The molecule has 272 valence electrons. The second kappa shape index (κ2) is 19.1. The van der Waals surface area contributed by atoms with Crippen molar-refractivity contribution in [3.8, 4) is 5.75 Å². The van der Waals surface area contributed by atoms with Crippen molar-refractivity contribution in [1.82, 2.24) is 19.6 Å². The summed E-state index contributed by atoms with van der Waals surface area (Å²) in [6.07, 6.45) is 4.72. The number of piperazine rings is 2. The van der Waals surface area contributed by atoms with Crippen molar-refractivity contribution in [3.05, 3.63) is 69.2 Å². The molecule has 2 aliphatic heterocycles. The molecule has 2 aromatic carbocycles. The van der Waals surface area contributed by atoms with Gasteiger partial charge in [-0.2, -0.15) is 0 Å². The Morgan fingerprint density at radius 1 is 0.840 bits per heavy atom. The Hall–Kier alpha value is -3.64. The molecule has 0 saturated carbocycles. The number of hydrogen-bond donors (Lipinski definition) is 2. The number of hydrogen-bond acceptors (Lipinski definition) is 7. The van der Waals surface area contributed by atoms with Crippen molar-refractivity contribution in [2.75, 3.05) is 77.9 Å². The molecule has 3 aliphatic rings. The van der Waals surface area contributed by atoms with E-state index < -0.39 is 24.2 Å². The number of carboxylic acids is 1. The number of nitrogens with zero attached hydrogens (tertiary/aromatic N) is 4. The van der Waals surface area contributed by atoms with Gasteiger partial charge in [-0.3, -0.25) is 19.2 Å². The van der Waals surface area contributed by atoms with E-state index in [1.807, 2.05) is 0 Å². The number of unbranched alkanes of at least 4 members (excludes halogenated alkanes) is 1. The number of anilines is 1. The predicted molar refractivity (Wildman–Crippen MR) is 196 cm³/mol. The molecule has 1 aliphatic carbocycles. The SMILES string of the molecule is C=C1CCc2ccc(OCCCCN3CCN(C)CC3)cc2C1.Cc1ccc(NC(=O)CC(=O)N2CCN(C(=O)CC(=O)O)CC2)c(Cl)c1Cl. The Morgan fingerprint density at radius 2 is 1.50 bits per heavy atom. The van der Waals surface area contributed by atoms with Crippen LogP contribution in [0.3, 0.4) is 0 Å². The molecule has 2 N–H and O–H groups in total. The molecule has 0 unspecified atom stereocenters. The highest BCUT2D eigenvalue weighted by Crippen LogP contribution is 2.32. The highest BCUT2D eigenvalue weighted by molar-refractivity contribution is 6.44. The fraction of sp³-hybridized carbons (Fsp3) is 0.514. The van der Waals surface area contributed by atoms with Crippen molar-refractivity contribution in [2.45, 2.75) is 51.9 Å². The monoisotopic (exact) mass is 729 g/mol. The lowest BCUT2D eigenvalue weighted by Crippen LogP contribution is -2.51. The number of aryl methyl sites for hydroxylation is 2. The zero-order chi connectivity index (χ0) is 36.2. The average molecular weight is 731 g/mol. The summed E-state index contributed by atoms with van der Waals surface area (Å²) in [5, 5.41) is 11.8. The molecule has 2 aromatic rings. The van der Waals surface area contributed by atoms with E-state index in [-0.39, 0.29) is 43.5 Å². The van der Waals surface area contributed by atoms with Crippen LogP contribution in [0.4, 0.5) is 5.69 Å². The number of rotatable bonds is 11. The van der Waals surface area contributed by atoms with Gasteiger partial charge in [0.25, 0.3) is 0 Å². The first-order valence-corrected chi connectivity index (χ1v) is 18.0. The Balaban J connectivity index is 0.000000227. The quantitative estimate of drug-likeness (QED) is 0.190. The van der Waals surface area contributed by atoms with Gasteiger partial charge in [-0.25, -0.2) is 0 Å². The zero-order valence-electron chi connectivity index (χ0n) is 29.1. The van der Waals surface area contributed by atoms with E-state index in [0.717, 1.165) is 43.6 Å². The van der Waals surface area contributed by atoms with Crippen LogP contribution >= 0.6 is 23.2 Å².